The highest BCUT2D eigenvalue weighted by molar-refractivity contribution is 5.43. The van der Waals surface area contributed by atoms with Crippen LogP contribution in [0.4, 0.5) is 13.2 Å². The van der Waals surface area contributed by atoms with E-state index in [-0.39, 0.29) is 42.5 Å². The lowest BCUT2D eigenvalue weighted by molar-refractivity contribution is -0.184. The standard InChI is InChI=1S/C20H27F3N4O3/c1-26-16(28)15-11-24-17(19(29)9-3-2-4-10-19)27(15)25-18(26)30-12-13-5-7-14(8-6-13)20(21,22)23/h11,13-14,29H,2-10,12H2,1H3. The zero-order chi connectivity index (χ0) is 21.5. The number of halogens is 3. The zero-order valence-corrected chi connectivity index (χ0v) is 17.0. The van der Waals surface area contributed by atoms with Crippen LogP contribution in [0.25, 0.3) is 5.52 Å². The van der Waals surface area contributed by atoms with Gasteiger partial charge in [-0.15, -0.1) is 5.10 Å². The number of fused-ring (bicyclic) bond motifs is 1. The summed E-state index contributed by atoms with van der Waals surface area (Å²) in [5.74, 6) is -0.913. The molecule has 2 saturated carbocycles. The SMILES string of the molecule is Cn1c(OCC2CCC(C(F)(F)F)CC2)nn2c(C3(O)CCCCC3)ncc2c1=O. The molecule has 0 aromatic carbocycles. The Labute approximate surface area is 171 Å². The molecule has 0 aliphatic heterocycles. The molecule has 2 aliphatic rings. The third-order valence-electron chi connectivity index (χ3n) is 6.59. The average molecular weight is 428 g/mol. The fourth-order valence-corrected chi connectivity index (χ4v) is 4.66. The molecule has 2 fully saturated rings. The monoisotopic (exact) mass is 428 g/mol. The van der Waals surface area contributed by atoms with Gasteiger partial charge in [-0.05, 0) is 44.4 Å². The van der Waals surface area contributed by atoms with Crippen molar-refractivity contribution in [1.29, 1.82) is 0 Å². The van der Waals surface area contributed by atoms with Crippen molar-refractivity contribution < 1.29 is 23.0 Å². The molecule has 0 amide bonds. The van der Waals surface area contributed by atoms with Crippen molar-refractivity contribution in [3.63, 3.8) is 0 Å². The largest absolute Gasteiger partial charge is 0.463 e. The lowest BCUT2D eigenvalue weighted by Crippen LogP contribution is -2.33. The molecular formula is C20H27F3N4O3. The molecule has 0 saturated heterocycles. The van der Waals surface area contributed by atoms with Gasteiger partial charge in [0.05, 0.1) is 18.7 Å². The molecule has 4 rings (SSSR count). The Balaban J connectivity index is 1.53. The summed E-state index contributed by atoms with van der Waals surface area (Å²) in [4.78, 5) is 17.0. The van der Waals surface area contributed by atoms with Crippen molar-refractivity contribution in [2.75, 3.05) is 6.61 Å². The molecule has 2 heterocycles. The molecule has 0 unspecified atom stereocenters. The molecule has 7 nitrogen and oxygen atoms in total. The van der Waals surface area contributed by atoms with Gasteiger partial charge < -0.3 is 9.84 Å². The van der Waals surface area contributed by atoms with Crippen molar-refractivity contribution in [3.05, 3.63) is 22.4 Å². The third kappa shape index (κ3) is 3.93. The normalized spacial score (nSPS) is 24.8. The molecule has 10 heteroatoms. The molecule has 2 aromatic heterocycles. The highest BCUT2D eigenvalue weighted by Crippen LogP contribution is 2.39. The first-order valence-electron chi connectivity index (χ1n) is 10.6. The van der Waals surface area contributed by atoms with E-state index in [1.807, 2.05) is 0 Å². The van der Waals surface area contributed by atoms with Gasteiger partial charge >= 0.3 is 12.2 Å². The third-order valence-corrected chi connectivity index (χ3v) is 6.59. The Morgan fingerprint density at radius 3 is 2.50 bits per heavy atom. The van der Waals surface area contributed by atoms with Crippen molar-refractivity contribution in [2.24, 2.45) is 18.9 Å². The van der Waals surface area contributed by atoms with E-state index in [1.54, 1.807) is 0 Å². The van der Waals surface area contributed by atoms with Crippen molar-refractivity contribution in [3.8, 4) is 6.01 Å². The van der Waals surface area contributed by atoms with Gasteiger partial charge in [0.15, 0.2) is 11.3 Å². The van der Waals surface area contributed by atoms with E-state index in [0.717, 1.165) is 19.3 Å². The number of rotatable bonds is 4. The van der Waals surface area contributed by atoms with Crippen LogP contribution >= 0.6 is 0 Å². The Morgan fingerprint density at radius 1 is 1.20 bits per heavy atom. The van der Waals surface area contributed by atoms with Gasteiger partial charge in [-0.1, -0.05) is 19.3 Å². The van der Waals surface area contributed by atoms with E-state index in [1.165, 1.54) is 22.3 Å². The van der Waals surface area contributed by atoms with E-state index >= 15 is 0 Å². The van der Waals surface area contributed by atoms with Gasteiger partial charge in [-0.3, -0.25) is 9.36 Å². The maximum atomic E-state index is 12.8. The van der Waals surface area contributed by atoms with Crippen LogP contribution in [0.5, 0.6) is 6.01 Å². The molecule has 0 spiro atoms. The summed E-state index contributed by atoms with van der Waals surface area (Å²) < 4.78 is 47.0. The summed E-state index contributed by atoms with van der Waals surface area (Å²) in [5, 5.41) is 15.4. The maximum absolute atomic E-state index is 12.8. The van der Waals surface area contributed by atoms with Gasteiger partial charge in [0, 0.05) is 7.05 Å². The van der Waals surface area contributed by atoms with Gasteiger partial charge in [0.1, 0.15) is 5.60 Å². The van der Waals surface area contributed by atoms with Gasteiger partial charge in [-0.25, -0.2) is 9.50 Å². The summed E-state index contributed by atoms with van der Waals surface area (Å²) in [6.07, 6.45) is 2.24. The minimum absolute atomic E-state index is 0.0130. The van der Waals surface area contributed by atoms with Crippen LogP contribution in [0.15, 0.2) is 11.0 Å². The smallest absolute Gasteiger partial charge is 0.391 e. The second kappa shape index (κ2) is 7.86. The van der Waals surface area contributed by atoms with Gasteiger partial charge in [0.25, 0.3) is 5.56 Å². The van der Waals surface area contributed by atoms with Crippen LogP contribution in [0.1, 0.15) is 63.6 Å². The Kier molecular flexibility index (Phi) is 5.54. The second-order valence-corrected chi connectivity index (χ2v) is 8.69. The molecule has 30 heavy (non-hydrogen) atoms. The minimum atomic E-state index is -4.14. The van der Waals surface area contributed by atoms with Crippen LogP contribution in [-0.4, -0.2) is 37.1 Å². The predicted molar refractivity (Wildman–Crippen MR) is 102 cm³/mol. The quantitative estimate of drug-likeness (QED) is 0.808. The highest BCUT2D eigenvalue weighted by atomic mass is 19.4. The summed E-state index contributed by atoms with van der Waals surface area (Å²) in [5.41, 5.74) is -1.22. The topological polar surface area (TPSA) is 81.7 Å². The number of imidazole rings is 1. The summed E-state index contributed by atoms with van der Waals surface area (Å²) in [7, 11) is 1.53. The second-order valence-electron chi connectivity index (χ2n) is 8.69. The van der Waals surface area contributed by atoms with Gasteiger partial charge in [0.2, 0.25) is 0 Å². The van der Waals surface area contributed by atoms with Crippen molar-refractivity contribution in [1.82, 2.24) is 19.2 Å². The number of alkyl halides is 3. The van der Waals surface area contributed by atoms with E-state index < -0.39 is 17.7 Å². The van der Waals surface area contributed by atoms with Crippen molar-refractivity contribution >= 4 is 5.52 Å². The number of aromatic nitrogens is 4. The number of hydrogen-bond acceptors (Lipinski definition) is 5. The molecule has 1 N–H and O–H groups in total. The first-order valence-corrected chi connectivity index (χ1v) is 10.6. The Morgan fingerprint density at radius 2 is 1.87 bits per heavy atom. The van der Waals surface area contributed by atoms with Crippen LogP contribution in [0.3, 0.4) is 0 Å². The average Bonchev–Trinajstić information content (AvgIpc) is 3.15. The van der Waals surface area contributed by atoms with Crippen LogP contribution in [-0.2, 0) is 12.6 Å². The van der Waals surface area contributed by atoms with E-state index in [9.17, 15) is 23.1 Å². The van der Waals surface area contributed by atoms with E-state index in [2.05, 4.69) is 10.1 Å². The fraction of sp³-hybridized carbons (Fsp3) is 0.750. The molecule has 0 radical (unpaired) electrons. The Bertz CT molecular complexity index is 955. The van der Waals surface area contributed by atoms with Crippen molar-refractivity contribution in [2.45, 2.75) is 69.6 Å². The number of aliphatic hydroxyl groups is 1. The minimum Gasteiger partial charge on any atom is -0.463 e. The molecule has 0 bridgehead atoms. The summed E-state index contributed by atoms with van der Waals surface area (Å²) in [6.45, 7) is 0.199. The van der Waals surface area contributed by atoms with E-state index in [4.69, 9.17) is 4.74 Å². The fourth-order valence-electron chi connectivity index (χ4n) is 4.66. The number of nitrogens with zero attached hydrogens (tertiary/aromatic N) is 4. The Hall–Kier alpha value is -2.10. The maximum Gasteiger partial charge on any atom is 0.391 e. The number of hydrogen-bond donors (Lipinski definition) is 1. The highest BCUT2D eigenvalue weighted by Gasteiger charge is 2.41. The lowest BCUT2D eigenvalue weighted by Gasteiger charge is -2.30. The molecule has 0 atom stereocenters. The first kappa shape index (κ1) is 21.1. The van der Waals surface area contributed by atoms with Crippen LogP contribution in [0, 0.1) is 11.8 Å². The van der Waals surface area contributed by atoms with E-state index in [0.29, 0.717) is 31.5 Å². The zero-order valence-electron chi connectivity index (χ0n) is 17.0. The van der Waals surface area contributed by atoms with Crippen LogP contribution in [0.2, 0.25) is 0 Å². The molecule has 2 aromatic rings. The first-order chi connectivity index (χ1) is 14.2. The summed E-state index contributed by atoms with van der Waals surface area (Å²) in [6, 6.07) is 0.0732. The summed E-state index contributed by atoms with van der Waals surface area (Å²) >= 11 is 0. The van der Waals surface area contributed by atoms with Crippen LogP contribution < -0.4 is 10.3 Å². The molecular weight excluding hydrogens is 401 g/mol. The lowest BCUT2D eigenvalue weighted by atomic mass is 9.82. The predicted octanol–water partition coefficient (Wildman–Crippen LogP) is 3.33. The number of ether oxygens (including phenoxy) is 1. The van der Waals surface area contributed by atoms with Gasteiger partial charge in [-0.2, -0.15) is 13.2 Å². The molecule has 2 aliphatic carbocycles. The molecule has 166 valence electrons.